The zero-order valence-corrected chi connectivity index (χ0v) is 15.9. The highest BCUT2D eigenvalue weighted by Crippen LogP contribution is 2.30. The van der Waals surface area contributed by atoms with Crippen molar-refractivity contribution < 1.29 is 13.9 Å². The molecule has 1 N–H and O–H groups in total. The van der Waals surface area contributed by atoms with Gasteiger partial charge in [-0.3, -0.25) is 9.69 Å². The van der Waals surface area contributed by atoms with E-state index in [9.17, 15) is 4.79 Å². The van der Waals surface area contributed by atoms with Crippen LogP contribution < -0.4 is 5.32 Å². The lowest BCUT2D eigenvalue weighted by Gasteiger charge is -2.14. The van der Waals surface area contributed by atoms with E-state index < -0.39 is 0 Å². The summed E-state index contributed by atoms with van der Waals surface area (Å²) in [7, 11) is 1.73. The highest BCUT2D eigenvalue weighted by molar-refractivity contribution is 7.13. The molecule has 0 unspecified atom stereocenters. The number of carbonyl (C=O) groups is 1. The van der Waals surface area contributed by atoms with Gasteiger partial charge in [-0.1, -0.05) is 12.1 Å². The molecule has 1 aromatic carbocycles. The number of rotatable bonds is 7. The van der Waals surface area contributed by atoms with Crippen LogP contribution in [0.25, 0.3) is 10.6 Å². The number of methoxy groups -OCH3 is 1. The summed E-state index contributed by atoms with van der Waals surface area (Å²) in [5, 5.41) is 5.59. The molecule has 0 bridgehead atoms. The summed E-state index contributed by atoms with van der Waals surface area (Å²) in [6, 6.07) is 7.91. The predicted octanol–water partition coefficient (Wildman–Crippen LogP) is 4.01. The predicted molar refractivity (Wildman–Crippen MR) is 105 cm³/mol. The minimum absolute atomic E-state index is 0.188. The summed E-state index contributed by atoms with van der Waals surface area (Å²) in [6.45, 7) is 3.49. The maximum absolute atomic E-state index is 12.7. The van der Waals surface area contributed by atoms with Crippen molar-refractivity contribution >= 4 is 22.9 Å². The topological polar surface area (TPSA) is 67.6 Å². The van der Waals surface area contributed by atoms with Crippen molar-refractivity contribution in [1.29, 1.82) is 0 Å². The van der Waals surface area contributed by atoms with Gasteiger partial charge in [0.05, 0.1) is 6.26 Å². The summed E-state index contributed by atoms with van der Waals surface area (Å²) < 4.78 is 10.2. The van der Waals surface area contributed by atoms with Crippen molar-refractivity contribution in [2.24, 2.45) is 0 Å². The van der Waals surface area contributed by atoms with E-state index in [1.807, 2.05) is 18.2 Å². The Balaban J connectivity index is 1.45. The minimum atomic E-state index is -0.188. The Hall–Kier alpha value is -2.48. The van der Waals surface area contributed by atoms with Crippen molar-refractivity contribution in [1.82, 2.24) is 9.88 Å². The van der Waals surface area contributed by atoms with E-state index in [1.165, 1.54) is 22.5 Å². The van der Waals surface area contributed by atoms with Gasteiger partial charge in [-0.2, -0.15) is 0 Å². The van der Waals surface area contributed by atoms with Crippen LogP contribution in [0.3, 0.4) is 0 Å². The number of amides is 1. The van der Waals surface area contributed by atoms with Crippen LogP contribution in [0.1, 0.15) is 28.0 Å². The average molecular weight is 383 g/mol. The Morgan fingerprint density at radius 2 is 2.30 bits per heavy atom. The molecule has 0 fully saturated rings. The lowest BCUT2D eigenvalue weighted by molar-refractivity contribution is 0.102. The summed E-state index contributed by atoms with van der Waals surface area (Å²) in [4.78, 5) is 19.5. The molecule has 140 valence electrons. The molecule has 3 heterocycles. The molecule has 3 aromatic rings. The monoisotopic (exact) mass is 383 g/mol. The van der Waals surface area contributed by atoms with Crippen LogP contribution in [0.4, 0.5) is 5.69 Å². The number of benzene rings is 1. The first-order chi connectivity index (χ1) is 13.2. The number of carbonyl (C=O) groups excluding carboxylic acids is 1. The van der Waals surface area contributed by atoms with Crippen molar-refractivity contribution in [3.8, 4) is 10.6 Å². The molecule has 7 heteroatoms. The number of anilines is 1. The third kappa shape index (κ3) is 3.95. The van der Waals surface area contributed by atoms with Crippen molar-refractivity contribution in [3.63, 3.8) is 0 Å². The summed E-state index contributed by atoms with van der Waals surface area (Å²) >= 11 is 1.43. The van der Waals surface area contributed by atoms with Crippen LogP contribution in [0, 0.1) is 0 Å². The summed E-state index contributed by atoms with van der Waals surface area (Å²) in [5.74, 6) is -0.188. The number of fused-ring (bicyclic) bond motifs is 1. The number of hydrogen-bond acceptors (Lipinski definition) is 6. The second kappa shape index (κ2) is 8.04. The van der Waals surface area contributed by atoms with E-state index in [0.29, 0.717) is 5.69 Å². The van der Waals surface area contributed by atoms with E-state index in [0.717, 1.165) is 48.9 Å². The average Bonchev–Trinajstić information content (AvgIpc) is 3.41. The van der Waals surface area contributed by atoms with Crippen LogP contribution in [-0.4, -0.2) is 36.1 Å². The molecule has 4 rings (SSSR count). The molecule has 1 aliphatic rings. The van der Waals surface area contributed by atoms with Gasteiger partial charge in [0.2, 0.25) is 0 Å². The molecule has 0 aliphatic carbocycles. The number of aromatic nitrogens is 1. The fourth-order valence-electron chi connectivity index (χ4n) is 3.28. The maximum Gasteiger partial charge on any atom is 0.275 e. The van der Waals surface area contributed by atoms with Gasteiger partial charge in [-0.05, 0) is 29.7 Å². The number of hydrogen-bond donors (Lipinski definition) is 1. The van der Waals surface area contributed by atoms with E-state index in [2.05, 4.69) is 21.3 Å². The van der Waals surface area contributed by atoms with E-state index in [4.69, 9.17) is 9.15 Å². The lowest BCUT2D eigenvalue weighted by atomic mass is 10.1. The molecular formula is C20H21N3O3S. The Bertz CT molecular complexity index is 920. The van der Waals surface area contributed by atoms with Crippen LogP contribution in [0.15, 0.2) is 46.6 Å². The quantitative estimate of drug-likeness (QED) is 0.625. The number of nitrogens with one attached hydrogen (secondary N) is 1. The highest BCUT2D eigenvalue weighted by atomic mass is 32.1. The Kier molecular flexibility index (Phi) is 5.33. The van der Waals surface area contributed by atoms with Crippen LogP contribution in [-0.2, 0) is 17.8 Å². The molecule has 0 atom stereocenters. The molecule has 0 radical (unpaired) electrons. The van der Waals surface area contributed by atoms with Crippen LogP contribution in [0.5, 0.6) is 0 Å². The molecular weight excluding hydrogens is 362 g/mol. The van der Waals surface area contributed by atoms with Gasteiger partial charge in [-0.15, -0.1) is 11.3 Å². The lowest BCUT2D eigenvalue weighted by Crippen LogP contribution is -2.19. The highest BCUT2D eigenvalue weighted by Gasteiger charge is 2.22. The van der Waals surface area contributed by atoms with Crippen molar-refractivity contribution in [2.45, 2.75) is 19.5 Å². The zero-order valence-electron chi connectivity index (χ0n) is 15.1. The SMILES string of the molecule is COCCCN1Cc2cccc(NC(=O)c3csc(-c4ccoc4)n3)c2C1. The first kappa shape index (κ1) is 17.9. The van der Waals surface area contributed by atoms with Gasteiger partial charge >= 0.3 is 0 Å². The van der Waals surface area contributed by atoms with Gasteiger partial charge < -0.3 is 14.5 Å². The maximum atomic E-state index is 12.7. The molecule has 0 spiro atoms. The first-order valence-electron chi connectivity index (χ1n) is 8.86. The number of ether oxygens (including phenoxy) is 1. The van der Waals surface area contributed by atoms with Crippen LogP contribution in [0.2, 0.25) is 0 Å². The molecule has 1 aliphatic heterocycles. The second-order valence-electron chi connectivity index (χ2n) is 6.50. The first-order valence-corrected chi connectivity index (χ1v) is 9.74. The van der Waals surface area contributed by atoms with E-state index >= 15 is 0 Å². The Labute approximate surface area is 161 Å². The molecule has 27 heavy (non-hydrogen) atoms. The fraction of sp³-hybridized carbons (Fsp3) is 0.300. The van der Waals surface area contributed by atoms with Crippen molar-refractivity contribution in [2.75, 3.05) is 25.6 Å². The van der Waals surface area contributed by atoms with E-state index in [-0.39, 0.29) is 5.91 Å². The molecule has 1 amide bonds. The second-order valence-corrected chi connectivity index (χ2v) is 7.36. The third-order valence-electron chi connectivity index (χ3n) is 4.62. The summed E-state index contributed by atoms with van der Waals surface area (Å²) in [5.41, 5.74) is 4.62. The normalized spacial score (nSPS) is 13.7. The molecule has 6 nitrogen and oxygen atoms in total. The standard InChI is InChI=1S/C20H21N3O3S/c1-25-8-3-7-23-10-14-4-2-5-17(16(14)11-23)21-19(24)18-13-27-20(22-18)15-6-9-26-12-15/h2,4-6,9,12-13H,3,7-8,10-11H2,1H3,(H,21,24). The smallest absolute Gasteiger partial charge is 0.275 e. The summed E-state index contributed by atoms with van der Waals surface area (Å²) in [6.07, 6.45) is 4.23. The Morgan fingerprint density at radius 3 is 3.11 bits per heavy atom. The van der Waals surface area contributed by atoms with Gasteiger partial charge in [0.25, 0.3) is 5.91 Å². The third-order valence-corrected chi connectivity index (χ3v) is 5.52. The van der Waals surface area contributed by atoms with E-state index in [1.54, 1.807) is 25.0 Å². The number of nitrogens with zero attached hydrogens (tertiary/aromatic N) is 2. The molecule has 2 aromatic heterocycles. The van der Waals surface area contributed by atoms with Gasteiger partial charge in [0, 0.05) is 50.0 Å². The Morgan fingerprint density at radius 1 is 1.37 bits per heavy atom. The zero-order chi connectivity index (χ0) is 18.6. The fourth-order valence-corrected chi connectivity index (χ4v) is 4.07. The van der Waals surface area contributed by atoms with Gasteiger partial charge in [0.1, 0.15) is 17.0 Å². The van der Waals surface area contributed by atoms with Crippen molar-refractivity contribution in [3.05, 3.63) is 59.0 Å². The van der Waals surface area contributed by atoms with Crippen LogP contribution >= 0.6 is 11.3 Å². The number of furan rings is 1. The largest absolute Gasteiger partial charge is 0.472 e. The molecule has 0 saturated heterocycles. The minimum Gasteiger partial charge on any atom is -0.472 e. The molecule has 0 saturated carbocycles. The van der Waals surface area contributed by atoms with Gasteiger partial charge in [0.15, 0.2) is 0 Å². The van der Waals surface area contributed by atoms with Gasteiger partial charge in [-0.25, -0.2) is 4.98 Å². The number of thiazole rings is 1.